The molecule has 13 heavy (non-hydrogen) atoms. The van der Waals surface area contributed by atoms with Gasteiger partial charge in [0.2, 0.25) is 0 Å². The molecule has 1 aliphatic carbocycles. The van der Waals surface area contributed by atoms with Crippen molar-refractivity contribution in [2.45, 2.75) is 46.5 Å². The second-order valence-electron chi connectivity index (χ2n) is 5.20. The van der Waals surface area contributed by atoms with Crippen LogP contribution < -0.4 is 0 Å². The predicted molar refractivity (Wildman–Crippen MR) is 55.6 cm³/mol. The highest BCUT2D eigenvalue weighted by molar-refractivity contribution is 4.80. The van der Waals surface area contributed by atoms with Crippen molar-refractivity contribution < 1.29 is 0 Å². The molecular weight excluding hydrogens is 162 g/mol. The largest absolute Gasteiger partial charge is 0.151 e. The second kappa shape index (κ2) is 4.21. The van der Waals surface area contributed by atoms with Gasteiger partial charge in [-0.2, -0.15) is 4.91 Å². The zero-order chi connectivity index (χ0) is 9.90. The molecule has 0 heterocycles. The molecule has 76 valence electrons. The molecule has 0 spiro atoms. The van der Waals surface area contributed by atoms with Crippen molar-refractivity contribution in [3.8, 4) is 0 Å². The molecular formula is C11H21NO. The van der Waals surface area contributed by atoms with Gasteiger partial charge in [0.05, 0.1) is 6.54 Å². The summed E-state index contributed by atoms with van der Waals surface area (Å²) in [4.78, 5) is 10.2. The minimum atomic E-state index is 0.0939. The molecule has 0 bridgehead atoms. The number of rotatable bonds is 6. The third-order valence-electron chi connectivity index (χ3n) is 3.51. The first-order chi connectivity index (χ1) is 6.06. The van der Waals surface area contributed by atoms with Crippen molar-refractivity contribution in [1.29, 1.82) is 0 Å². The van der Waals surface area contributed by atoms with Crippen LogP contribution in [0.1, 0.15) is 46.5 Å². The predicted octanol–water partition coefficient (Wildman–Crippen LogP) is 3.61. The summed E-state index contributed by atoms with van der Waals surface area (Å²) in [5.41, 5.74) is 0.0939. The molecule has 0 aromatic heterocycles. The molecule has 0 aromatic carbocycles. The zero-order valence-corrected chi connectivity index (χ0v) is 9.05. The summed E-state index contributed by atoms with van der Waals surface area (Å²) >= 11 is 0. The number of hydrogen-bond donors (Lipinski definition) is 0. The van der Waals surface area contributed by atoms with E-state index in [2.05, 4.69) is 25.9 Å². The lowest BCUT2D eigenvalue weighted by atomic mass is 9.77. The summed E-state index contributed by atoms with van der Waals surface area (Å²) in [7, 11) is 0. The van der Waals surface area contributed by atoms with Gasteiger partial charge >= 0.3 is 0 Å². The Balaban J connectivity index is 2.25. The van der Waals surface area contributed by atoms with Gasteiger partial charge in [0.25, 0.3) is 0 Å². The lowest BCUT2D eigenvalue weighted by molar-refractivity contribution is 0.221. The first kappa shape index (κ1) is 10.7. The Bertz CT molecular complexity index is 173. The van der Waals surface area contributed by atoms with Crippen LogP contribution in [-0.4, -0.2) is 6.54 Å². The summed E-state index contributed by atoms with van der Waals surface area (Å²) < 4.78 is 0. The molecule has 1 saturated carbocycles. The van der Waals surface area contributed by atoms with Crippen molar-refractivity contribution in [2.24, 2.45) is 22.4 Å². The SMILES string of the molecule is CC(CCC1CC1)C(C)(C)CN=O. The van der Waals surface area contributed by atoms with Gasteiger partial charge in [0, 0.05) is 0 Å². The van der Waals surface area contributed by atoms with Gasteiger partial charge in [0.15, 0.2) is 0 Å². The standard InChI is InChI=1S/C11H21NO/c1-9(4-5-10-6-7-10)11(2,3)8-12-13/h9-10H,4-8H2,1-3H3. The smallest absolute Gasteiger partial charge is 0.0864 e. The maximum Gasteiger partial charge on any atom is 0.0864 e. The fourth-order valence-corrected chi connectivity index (χ4v) is 1.61. The molecule has 1 aliphatic rings. The maximum atomic E-state index is 10.2. The van der Waals surface area contributed by atoms with Gasteiger partial charge in [-0.3, -0.25) is 0 Å². The minimum Gasteiger partial charge on any atom is -0.151 e. The molecule has 1 fully saturated rings. The maximum absolute atomic E-state index is 10.2. The zero-order valence-electron chi connectivity index (χ0n) is 9.05. The van der Waals surface area contributed by atoms with E-state index in [4.69, 9.17) is 0 Å². The molecule has 0 saturated heterocycles. The van der Waals surface area contributed by atoms with Crippen molar-refractivity contribution >= 4 is 0 Å². The molecule has 0 radical (unpaired) electrons. The van der Waals surface area contributed by atoms with E-state index in [0.29, 0.717) is 12.5 Å². The van der Waals surface area contributed by atoms with E-state index < -0.39 is 0 Å². The number of hydrogen-bond acceptors (Lipinski definition) is 2. The van der Waals surface area contributed by atoms with E-state index in [1.807, 2.05) is 0 Å². The Kier molecular flexibility index (Phi) is 3.46. The summed E-state index contributed by atoms with van der Waals surface area (Å²) in [5, 5.41) is 3.02. The molecule has 0 aliphatic heterocycles. The van der Waals surface area contributed by atoms with Crippen LogP contribution in [0.4, 0.5) is 0 Å². The van der Waals surface area contributed by atoms with Crippen LogP contribution in [0.25, 0.3) is 0 Å². The summed E-state index contributed by atoms with van der Waals surface area (Å²) in [6, 6.07) is 0. The van der Waals surface area contributed by atoms with Crippen LogP contribution in [0.5, 0.6) is 0 Å². The molecule has 2 nitrogen and oxygen atoms in total. The quantitative estimate of drug-likeness (QED) is 0.578. The molecule has 1 unspecified atom stereocenters. The summed E-state index contributed by atoms with van der Waals surface area (Å²) in [6.07, 6.45) is 5.47. The highest BCUT2D eigenvalue weighted by atomic mass is 16.3. The third kappa shape index (κ3) is 3.45. The Morgan fingerprint density at radius 1 is 1.46 bits per heavy atom. The van der Waals surface area contributed by atoms with E-state index in [9.17, 15) is 4.91 Å². The molecule has 0 N–H and O–H groups in total. The Hall–Kier alpha value is -0.400. The van der Waals surface area contributed by atoms with Crippen LogP contribution >= 0.6 is 0 Å². The average molecular weight is 183 g/mol. The van der Waals surface area contributed by atoms with Crippen molar-refractivity contribution in [2.75, 3.05) is 6.54 Å². The highest BCUT2D eigenvalue weighted by Crippen LogP contribution is 2.38. The van der Waals surface area contributed by atoms with Crippen molar-refractivity contribution in [1.82, 2.24) is 0 Å². The second-order valence-corrected chi connectivity index (χ2v) is 5.20. The Labute approximate surface area is 81.1 Å². The van der Waals surface area contributed by atoms with E-state index >= 15 is 0 Å². The van der Waals surface area contributed by atoms with Crippen LogP contribution in [0.3, 0.4) is 0 Å². The van der Waals surface area contributed by atoms with Gasteiger partial charge in [0.1, 0.15) is 0 Å². The Morgan fingerprint density at radius 2 is 2.08 bits per heavy atom. The highest BCUT2D eigenvalue weighted by Gasteiger charge is 2.28. The molecule has 0 aromatic rings. The van der Waals surface area contributed by atoms with Gasteiger partial charge in [-0.25, -0.2) is 0 Å². The van der Waals surface area contributed by atoms with E-state index in [1.54, 1.807) is 0 Å². The van der Waals surface area contributed by atoms with Crippen molar-refractivity contribution in [3.05, 3.63) is 4.91 Å². The van der Waals surface area contributed by atoms with Crippen LogP contribution in [0, 0.1) is 22.2 Å². The fraction of sp³-hybridized carbons (Fsp3) is 1.00. The topological polar surface area (TPSA) is 29.4 Å². The van der Waals surface area contributed by atoms with Crippen LogP contribution in [0.15, 0.2) is 5.18 Å². The number of nitrogens with zero attached hydrogens (tertiary/aromatic N) is 1. The first-order valence-corrected chi connectivity index (χ1v) is 5.35. The van der Waals surface area contributed by atoms with Gasteiger partial charge in [-0.1, -0.05) is 45.2 Å². The lowest BCUT2D eigenvalue weighted by Crippen LogP contribution is -2.24. The van der Waals surface area contributed by atoms with Crippen LogP contribution in [-0.2, 0) is 0 Å². The van der Waals surface area contributed by atoms with E-state index in [-0.39, 0.29) is 5.41 Å². The number of nitroso groups, excluding NO2 is 1. The summed E-state index contributed by atoms with van der Waals surface area (Å²) in [6.45, 7) is 6.99. The van der Waals surface area contributed by atoms with Gasteiger partial charge in [-0.05, 0) is 23.7 Å². The molecule has 2 heteroatoms. The monoisotopic (exact) mass is 183 g/mol. The van der Waals surface area contributed by atoms with E-state index in [1.165, 1.54) is 25.7 Å². The van der Waals surface area contributed by atoms with E-state index in [0.717, 1.165) is 5.92 Å². The van der Waals surface area contributed by atoms with Crippen molar-refractivity contribution in [3.63, 3.8) is 0 Å². The van der Waals surface area contributed by atoms with Gasteiger partial charge < -0.3 is 0 Å². The average Bonchev–Trinajstić information content (AvgIpc) is 2.83. The molecule has 1 atom stereocenters. The minimum absolute atomic E-state index is 0.0939. The fourth-order valence-electron chi connectivity index (χ4n) is 1.61. The van der Waals surface area contributed by atoms with Crippen LogP contribution in [0.2, 0.25) is 0 Å². The Morgan fingerprint density at radius 3 is 2.54 bits per heavy atom. The first-order valence-electron chi connectivity index (χ1n) is 5.35. The molecule has 1 rings (SSSR count). The summed E-state index contributed by atoms with van der Waals surface area (Å²) in [5.74, 6) is 1.62. The lowest BCUT2D eigenvalue weighted by Gasteiger charge is -2.29. The molecule has 0 amide bonds. The third-order valence-corrected chi connectivity index (χ3v) is 3.51. The van der Waals surface area contributed by atoms with Gasteiger partial charge in [-0.15, -0.1) is 0 Å². The normalized spacial score (nSPS) is 19.9.